The summed E-state index contributed by atoms with van der Waals surface area (Å²) in [6, 6.07) is 5.72. The average molecular weight is 446 g/mol. The van der Waals surface area contributed by atoms with Gasteiger partial charge in [0.15, 0.2) is 5.25 Å². The minimum atomic E-state index is -4.72. The van der Waals surface area contributed by atoms with Crippen molar-refractivity contribution in [2.45, 2.75) is 76.9 Å². The Morgan fingerprint density at radius 1 is 0.867 bits per heavy atom. The highest BCUT2D eigenvalue weighted by Crippen LogP contribution is 2.10. The lowest BCUT2D eigenvalue weighted by Crippen LogP contribution is -2.34. The second-order valence-electron chi connectivity index (χ2n) is 6.74. The third-order valence-corrected chi connectivity index (χ3v) is 5.12. The van der Waals surface area contributed by atoms with Gasteiger partial charge in [0.1, 0.15) is 0 Å². The van der Waals surface area contributed by atoms with E-state index in [0.29, 0.717) is 12.8 Å². The van der Waals surface area contributed by atoms with Gasteiger partial charge in [-0.3, -0.25) is 19.1 Å². The number of unbranched alkanes of at least 4 members (excludes halogenated alkanes) is 6. The number of rotatable bonds is 14. The number of hydrogen-bond donors (Lipinski definition) is 1. The van der Waals surface area contributed by atoms with Gasteiger partial charge in [0.25, 0.3) is 10.1 Å². The molecule has 0 aromatic carbocycles. The molecule has 0 radical (unpaired) electrons. The first-order valence-electron chi connectivity index (χ1n) is 10.5. The number of carbonyl (C=O) groups excluding carboxylic acids is 2. The van der Waals surface area contributed by atoms with Gasteiger partial charge in [0.05, 0.1) is 19.6 Å². The van der Waals surface area contributed by atoms with Crippen molar-refractivity contribution in [3.8, 4) is 0 Å². The topological polar surface area (TPSA) is 120 Å². The van der Waals surface area contributed by atoms with Gasteiger partial charge in [-0.25, -0.2) is 0 Å². The number of hydrogen-bond acceptors (Lipinski definition) is 7. The molecule has 1 unspecified atom stereocenters. The Labute approximate surface area is 180 Å². The number of esters is 2. The Kier molecular flexibility index (Phi) is 16.6. The Balaban J connectivity index is 0.00000118. The number of carbonyl (C=O) groups is 2. The quantitative estimate of drug-likeness (QED) is 0.259. The zero-order valence-electron chi connectivity index (χ0n) is 18.0. The lowest BCUT2D eigenvalue weighted by molar-refractivity contribution is -0.150. The summed E-state index contributed by atoms with van der Waals surface area (Å²) in [5.74, 6) is -1.95. The van der Waals surface area contributed by atoms with Gasteiger partial charge in [-0.05, 0) is 25.0 Å². The maximum Gasteiger partial charge on any atom is 0.327 e. The van der Waals surface area contributed by atoms with Gasteiger partial charge < -0.3 is 9.47 Å². The normalized spacial score (nSPS) is 11.7. The molecular formula is C21H35NO7S. The molecule has 1 N–H and O–H groups in total. The molecule has 0 amide bonds. The van der Waals surface area contributed by atoms with Crippen LogP contribution < -0.4 is 0 Å². The smallest absolute Gasteiger partial charge is 0.327 e. The van der Waals surface area contributed by atoms with Crippen LogP contribution in [0.2, 0.25) is 0 Å². The van der Waals surface area contributed by atoms with Crippen molar-refractivity contribution in [3.05, 3.63) is 30.6 Å². The number of aromatic nitrogens is 1. The van der Waals surface area contributed by atoms with Crippen molar-refractivity contribution in [2.24, 2.45) is 0 Å². The molecule has 0 bridgehead atoms. The molecule has 30 heavy (non-hydrogen) atoms. The van der Waals surface area contributed by atoms with Gasteiger partial charge in [-0.15, -0.1) is 0 Å². The van der Waals surface area contributed by atoms with Crippen LogP contribution in [0.15, 0.2) is 30.6 Å². The van der Waals surface area contributed by atoms with Gasteiger partial charge >= 0.3 is 11.9 Å². The predicted molar refractivity (Wildman–Crippen MR) is 114 cm³/mol. The summed E-state index contributed by atoms with van der Waals surface area (Å²) in [4.78, 5) is 27.2. The predicted octanol–water partition coefficient (Wildman–Crippen LogP) is 3.96. The molecule has 1 heterocycles. The maximum absolute atomic E-state index is 11.8. The maximum atomic E-state index is 11.8. The Hall–Kier alpha value is -2.00. The zero-order chi connectivity index (χ0) is 22.7. The second kappa shape index (κ2) is 17.8. The lowest BCUT2D eigenvalue weighted by atomic mass is 10.2. The highest BCUT2D eigenvalue weighted by Gasteiger charge is 2.35. The molecular weight excluding hydrogens is 410 g/mol. The van der Waals surface area contributed by atoms with Crippen LogP contribution in [0.5, 0.6) is 0 Å². The Bertz CT molecular complexity index is 638. The second-order valence-corrected chi connectivity index (χ2v) is 8.34. The molecule has 172 valence electrons. The van der Waals surface area contributed by atoms with E-state index < -0.39 is 33.7 Å². The Morgan fingerprint density at radius 3 is 1.80 bits per heavy atom. The van der Waals surface area contributed by atoms with Crippen LogP contribution in [0, 0.1) is 0 Å². The fourth-order valence-corrected chi connectivity index (χ4v) is 3.00. The van der Waals surface area contributed by atoms with E-state index in [2.05, 4.69) is 11.9 Å². The monoisotopic (exact) mass is 445 g/mol. The molecule has 1 atom stereocenters. The molecule has 1 rings (SSSR count). The van der Waals surface area contributed by atoms with Gasteiger partial charge in [0, 0.05) is 12.4 Å². The molecule has 0 aliphatic rings. The van der Waals surface area contributed by atoms with Crippen LogP contribution in [0.4, 0.5) is 0 Å². The summed E-state index contributed by atoms with van der Waals surface area (Å²) >= 11 is 0. The van der Waals surface area contributed by atoms with Crippen molar-refractivity contribution in [2.75, 3.05) is 13.2 Å². The van der Waals surface area contributed by atoms with Gasteiger partial charge in [0.2, 0.25) is 0 Å². The van der Waals surface area contributed by atoms with Gasteiger partial charge in [-0.1, -0.05) is 58.4 Å². The van der Waals surface area contributed by atoms with Crippen molar-refractivity contribution in [1.82, 2.24) is 4.98 Å². The van der Waals surface area contributed by atoms with E-state index >= 15 is 0 Å². The number of pyridine rings is 1. The summed E-state index contributed by atoms with van der Waals surface area (Å²) in [5.41, 5.74) is 0. The van der Waals surface area contributed by atoms with E-state index in [1.807, 2.05) is 25.1 Å². The van der Waals surface area contributed by atoms with E-state index in [-0.39, 0.29) is 13.2 Å². The molecule has 9 heteroatoms. The molecule has 0 saturated heterocycles. The van der Waals surface area contributed by atoms with Crippen molar-refractivity contribution in [1.29, 1.82) is 0 Å². The molecule has 8 nitrogen and oxygen atoms in total. The molecule has 1 aromatic rings. The van der Waals surface area contributed by atoms with E-state index in [1.165, 1.54) is 0 Å². The zero-order valence-corrected chi connectivity index (χ0v) is 18.8. The van der Waals surface area contributed by atoms with Gasteiger partial charge in [-0.2, -0.15) is 8.42 Å². The lowest BCUT2D eigenvalue weighted by Gasteiger charge is -2.13. The fraction of sp³-hybridized carbons (Fsp3) is 0.667. The first-order chi connectivity index (χ1) is 14.3. The summed E-state index contributed by atoms with van der Waals surface area (Å²) in [7, 11) is -4.72. The van der Waals surface area contributed by atoms with Crippen LogP contribution in [0.3, 0.4) is 0 Å². The first kappa shape index (κ1) is 28.0. The van der Waals surface area contributed by atoms with Crippen molar-refractivity contribution in [3.63, 3.8) is 0 Å². The summed E-state index contributed by atoms with van der Waals surface area (Å²) < 4.78 is 41.5. The minimum Gasteiger partial charge on any atom is -0.466 e. The first-order valence-corrected chi connectivity index (χ1v) is 12.0. The summed E-state index contributed by atoms with van der Waals surface area (Å²) in [6.07, 6.45) is 9.90. The molecule has 0 spiro atoms. The Morgan fingerprint density at radius 2 is 1.40 bits per heavy atom. The van der Waals surface area contributed by atoms with Crippen LogP contribution in [0.1, 0.15) is 71.6 Å². The van der Waals surface area contributed by atoms with Crippen molar-refractivity contribution < 1.29 is 32.0 Å². The van der Waals surface area contributed by atoms with E-state index in [0.717, 1.165) is 38.5 Å². The van der Waals surface area contributed by atoms with Crippen LogP contribution in [0.25, 0.3) is 0 Å². The third kappa shape index (κ3) is 15.9. The molecule has 0 fully saturated rings. The molecule has 1 aromatic heterocycles. The van der Waals surface area contributed by atoms with E-state index in [9.17, 15) is 18.0 Å². The van der Waals surface area contributed by atoms with E-state index in [4.69, 9.17) is 14.0 Å². The highest BCUT2D eigenvalue weighted by molar-refractivity contribution is 7.87. The summed E-state index contributed by atoms with van der Waals surface area (Å²) in [6.45, 7) is 4.32. The molecule has 0 aliphatic heterocycles. The highest BCUT2D eigenvalue weighted by atomic mass is 32.2. The SMILES string of the molecule is CCCCCCOC(=O)CC(C(=O)OCCCCCC)S(=O)(=O)O.c1ccncc1. The van der Waals surface area contributed by atoms with E-state index in [1.54, 1.807) is 12.4 Å². The molecule has 0 saturated carbocycles. The van der Waals surface area contributed by atoms with Crippen molar-refractivity contribution >= 4 is 22.1 Å². The average Bonchev–Trinajstić information content (AvgIpc) is 2.72. The standard InChI is InChI=1S/C16H30O7S.C5H5N/c1-3-5-7-9-11-22-15(17)13-14(24(19,20)21)16(18)23-12-10-8-6-4-2;1-2-4-6-5-3-1/h14H,3-13H2,1-2H3,(H,19,20,21);1-5H. The largest absolute Gasteiger partial charge is 0.466 e. The number of ether oxygens (including phenoxy) is 2. The summed E-state index contributed by atoms with van der Waals surface area (Å²) in [5, 5.41) is -1.92. The van der Waals surface area contributed by atoms with Crippen LogP contribution >= 0.6 is 0 Å². The van der Waals surface area contributed by atoms with Crippen LogP contribution in [-0.4, -0.2) is 48.4 Å². The fourth-order valence-electron chi connectivity index (χ4n) is 2.34. The minimum absolute atomic E-state index is 0.0664. The van der Waals surface area contributed by atoms with Crippen LogP contribution in [-0.2, 0) is 29.2 Å². The number of nitrogens with zero attached hydrogens (tertiary/aromatic N) is 1. The third-order valence-electron chi connectivity index (χ3n) is 4.04. The molecule has 0 aliphatic carbocycles.